The molecule has 0 unspecified atom stereocenters. The molecule has 0 radical (unpaired) electrons. The first kappa shape index (κ1) is 25.8. The molecule has 0 atom stereocenters. The fourth-order valence-corrected chi connectivity index (χ4v) is 6.31. The lowest BCUT2D eigenvalue weighted by Crippen LogP contribution is -2.09. The second-order valence-corrected chi connectivity index (χ2v) is 11.1. The molecule has 0 fully saturated rings. The summed E-state index contributed by atoms with van der Waals surface area (Å²) < 4.78 is 2.38. The van der Waals surface area contributed by atoms with Crippen molar-refractivity contribution in [1.82, 2.24) is 4.57 Å². The lowest BCUT2D eigenvalue weighted by Gasteiger charge is -2.25. The molecular formula is C42H30N2. The Hall–Kier alpha value is -5.86. The maximum atomic E-state index is 2.38. The van der Waals surface area contributed by atoms with Gasteiger partial charge in [-0.3, -0.25) is 0 Å². The Morgan fingerprint density at radius 2 is 0.773 bits per heavy atom. The number of para-hydroxylation sites is 4. The minimum absolute atomic E-state index is 1.13. The summed E-state index contributed by atoms with van der Waals surface area (Å²) in [6.07, 6.45) is 0. The summed E-state index contributed by atoms with van der Waals surface area (Å²) in [5, 5.41) is 2.55. The van der Waals surface area contributed by atoms with E-state index in [0.717, 1.165) is 22.7 Å². The smallest absolute Gasteiger partial charge is 0.0541 e. The minimum Gasteiger partial charge on any atom is -0.311 e. The molecule has 8 aromatic rings. The third-order valence-electron chi connectivity index (χ3n) is 8.37. The Bertz CT molecular complexity index is 2120. The van der Waals surface area contributed by atoms with Crippen molar-refractivity contribution < 1.29 is 0 Å². The second kappa shape index (κ2) is 11.1. The predicted octanol–water partition coefficient (Wildman–Crippen LogP) is 11.6. The van der Waals surface area contributed by atoms with Gasteiger partial charge in [-0.1, -0.05) is 115 Å². The number of anilines is 3. The highest BCUT2D eigenvalue weighted by atomic mass is 15.1. The van der Waals surface area contributed by atoms with Gasteiger partial charge in [0.2, 0.25) is 0 Å². The molecule has 44 heavy (non-hydrogen) atoms. The lowest BCUT2D eigenvalue weighted by atomic mass is 9.98. The zero-order chi connectivity index (χ0) is 29.3. The number of nitrogens with zero attached hydrogens (tertiary/aromatic N) is 2. The summed E-state index contributed by atoms with van der Waals surface area (Å²) in [4.78, 5) is 2.29. The van der Waals surface area contributed by atoms with Gasteiger partial charge in [0.05, 0.1) is 11.0 Å². The number of rotatable bonds is 6. The van der Waals surface area contributed by atoms with Crippen LogP contribution in [0.1, 0.15) is 0 Å². The van der Waals surface area contributed by atoms with Gasteiger partial charge in [-0.05, 0) is 89.0 Å². The van der Waals surface area contributed by atoms with Crippen molar-refractivity contribution in [2.45, 2.75) is 0 Å². The third kappa shape index (κ3) is 4.63. The van der Waals surface area contributed by atoms with Gasteiger partial charge in [0.1, 0.15) is 0 Å². The summed E-state index contributed by atoms with van der Waals surface area (Å²) in [6, 6.07) is 65.0. The predicted molar refractivity (Wildman–Crippen MR) is 186 cm³/mol. The van der Waals surface area contributed by atoms with E-state index in [4.69, 9.17) is 0 Å². The van der Waals surface area contributed by atoms with E-state index < -0.39 is 0 Å². The van der Waals surface area contributed by atoms with E-state index in [1.807, 2.05) is 0 Å². The average molecular weight is 563 g/mol. The van der Waals surface area contributed by atoms with Gasteiger partial charge in [-0.25, -0.2) is 0 Å². The molecule has 0 spiro atoms. The highest BCUT2D eigenvalue weighted by molar-refractivity contribution is 6.09. The fraction of sp³-hybridized carbons (Fsp3) is 0. The molecule has 0 bridgehead atoms. The second-order valence-electron chi connectivity index (χ2n) is 11.1. The first-order valence-corrected chi connectivity index (χ1v) is 15.0. The summed E-state index contributed by atoms with van der Waals surface area (Å²) >= 11 is 0. The number of benzene rings is 7. The maximum Gasteiger partial charge on any atom is 0.0541 e. The molecule has 1 heterocycles. The van der Waals surface area contributed by atoms with Crippen molar-refractivity contribution in [3.8, 4) is 27.9 Å². The Labute approximate surface area is 257 Å². The molecule has 0 aliphatic rings. The molecule has 0 saturated heterocycles. The first-order valence-electron chi connectivity index (χ1n) is 15.0. The number of aromatic nitrogens is 1. The van der Waals surface area contributed by atoms with E-state index >= 15 is 0 Å². The molecule has 7 aromatic carbocycles. The summed E-state index contributed by atoms with van der Waals surface area (Å²) in [5.74, 6) is 0. The van der Waals surface area contributed by atoms with Crippen LogP contribution in [-0.4, -0.2) is 4.57 Å². The number of hydrogen-bond acceptors (Lipinski definition) is 1. The van der Waals surface area contributed by atoms with Gasteiger partial charge in [0.25, 0.3) is 0 Å². The Morgan fingerprint density at radius 3 is 1.36 bits per heavy atom. The minimum atomic E-state index is 1.13. The Kier molecular flexibility index (Phi) is 6.51. The van der Waals surface area contributed by atoms with Crippen LogP contribution in [0.25, 0.3) is 49.7 Å². The quantitative estimate of drug-likeness (QED) is 0.196. The van der Waals surface area contributed by atoms with Gasteiger partial charge < -0.3 is 9.47 Å². The molecule has 8 rings (SSSR count). The van der Waals surface area contributed by atoms with Crippen molar-refractivity contribution in [2.24, 2.45) is 0 Å². The number of hydrogen-bond donors (Lipinski definition) is 0. The zero-order valence-corrected chi connectivity index (χ0v) is 24.2. The van der Waals surface area contributed by atoms with Crippen LogP contribution in [0.3, 0.4) is 0 Å². The van der Waals surface area contributed by atoms with Gasteiger partial charge in [0, 0.05) is 33.5 Å². The van der Waals surface area contributed by atoms with Crippen LogP contribution in [0.15, 0.2) is 182 Å². The van der Waals surface area contributed by atoms with Crippen molar-refractivity contribution in [2.75, 3.05) is 4.90 Å². The molecule has 2 heteroatoms. The van der Waals surface area contributed by atoms with Crippen molar-refractivity contribution >= 4 is 38.9 Å². The van der Waals surface area contributed by atoms with E-state index in [9.17, 15) is 0 Å². The molecule has 0 saturated carbocycles. The van der Waals surface area contributed by atoms with Crippen LogP contribution < -0.4 is 4.90 Å². The van der Waals surface area contributed by atoms with E-state index in [2.05, 4.69) is 191 Å². The first-order chi connectivity index (χ1) is 21.8. The maximum absolute atomic E-state index is 2.38. The molecule has 0 amide bonds. The molecule has 2 nitrogen and oxygen atoms in total. The zero-order valence-electron chi connectivity index (χ0n) is 24.2. The topological polar surface area (TPSA) is 8.17 Å². The van der Waals surface area contributed by atoms with Crippen LogP contribution >= 0.6 is 0 Å². The SMILES string of the molecule is c1ccc(N(c2ccccc2)c2ccc(-c3cccc(-c4cccc(-n5c6ccccc6c6ccccc65)c4)c3)cc2)cc1. The molecular weight excluding hydrogens is 532 g/mol. The number of fused-ring (bicyclic) bond motifs is 3. The largest absolute Gasteiger partial charge is 0.311 e. The van der Waals surface area contributed by atoms with Crippen molar-refractivity contribution in [3.05, 3.63) is 182 Å². The molecule has 208 valence electrons. The van der Waals surface area contributed by atoms with Crippen molar-refractivity contribution in [3.63, 3.8) is 0 Å². The molecule has 0 N–H and O–H groups in total. The molecule has 0 aliphatic heterocycles. The monoisotopic (exact) mass is 562 g/mol. The van der Waals surface area contributed by atoms with Crippen LogP contribution in [0.5, 0.6) is 0 Å². The van der Waals surface area contributed by atoms with Gasteiger partial charge in [-0.2, -0.15) is 0 Å². The Morgan fingerprint density at radius 1 is 0.318 bits per heavy atom. The standard InChI is InChI=1S/C42H30N2/c1-3-16-35(17-4-1)43(36-18-5-2-6-19-36)37-27-25-31(26-28-37)32-13-11-14-33(29-32)34-15-12-20-38(30-34)44-41-23-9-7-21-39(41)40-22-8-10-24-42(40)44/h1-30H. The lowest BCUT2D eigenvalue weighted by molar-refractivity contribution is 1.18. The van der Waals surface area contributed by atoms with Crippen molar-refractivity contribution in [1.29, 1.82) is 0 Å². The summed E-state index contributed by atoms with van der Waals surface area (Å²) in [5.41, 5.74) is 11.8. The Balaban J connectivity index is 1.15. The van der Waals surface area contributed by atoms with E-state index in [1.54, 1.807) is 0 Å². The van der Waals surface area contributed by atoms with E-state index in [-0.39, 0.29) is 0 Å². The van der Waals surface area contributed by atoms with Crippen LogP contribution in [0.4, 0.5) is 17.1 Å². The van der Waals surface area contributed by atoms with Crippen LogP contribution in [-0.2, 0) is 0 Å². The molecule has 0 aliphatic carbocycles. The van der Waals surface area contributed by atoms with Crippen LogP contribution in [0, 0.1) is 0 Å². The van der Waals surface area contributed by atoms with E-state index in [1.165, 1.54) is 44.1 Å². The highest BCUT2D eigenvalue weighted by Crippen LogP contribution is 2.37. The van der Waals surface area contributed by atoms with Gasteiger partial charge in [0.15, 0.2) is 0 Å². The third-order valence-corrected chi connectivity index (χ3v) is 8.37. The normalized spacial score (nSPS) is 11.2. The molecule has 1 aromatic heterocycles. The summed E-state index contributed by atoms with van der Waals surface area (Å²) in [7, 11) is 0. The van der Waals surface area contributed by atoms with Gasteiger partial charge >= 0.3 is 0 Å². The fourth-order valence-electron chi connectivity index (χ4n) is 6.31. The van der Waals surface area contributed by atoms with Gasteiger partial charge in [-0.15, -0.1) is 0 Å². The average Bonchev–Trinajstić information content (AvgIpc) is 3.44. The van der Waals surface area contributed by atoms with E-state index in [0.29, 0.717) is 0 Å². The highest BCUT2D eigenvalue weighted by Gasteiger charge is 2.14. The van der Waals surface area contributed by atoms with Crippen LogP contribution in [0.2, 0.25) is 0 Å². The summed E-state index contributed by atoms with van der Waals surface area (Å²) in [6.45, 7) is 0.